The molecule has 25 heavy (non-hydrogen) atoms. The SMILES string of the molecule is Cc1nc(NCc2ccccc2C)cc(Nc2ccc(F)c(Cl)c2)n1. The lowest BCUT2D eigenvalue weighted by molar-refractivity contribution is 0.628. The van der Waals surface area contributed by atoms with Gasteiger partial charge in [0.25, 0.3) is 0 Å². The molecule has 0 bridgehead atoms. The van der Waals surface area contributed by atoms with Crippen molar-refractivity contribution >= 4 is 28.9 Å². The molecule has 0 aliphatic rings. The number of benzene rings is 2. The minimum atomic E-state index is -0.452. The summed E-state index contributed by atoms with van der Waals surface area (Å²) in [6.45, 7) is 4.57. The number of aromatic nitrogens is 2. The van der Waals surface area contributed by atoms with Crippen LogP contribution in [0.25, 0.3) is 0 Å². The molecule has 2 aromatic carbocycles. The number of rotatable bonds is 5. The van der Waals surface area contributed by atoms with Crippen LogP contribution in [0.4, 0.5) is 21.7 Å². The zero-order valence-corrected chi connectivity index (χ0v) is 14.7. The molecule has 0 fully saturated rings. The molecule has 0 unspecified atom stereocenters. The van der Waals surface area contributed by atoms with E-state index < -0.39 is 5.82 Å². The molecule has 0 aliphatic heterocycles. The van der Waals surface area contributed by atoms with E-state index in [1.54, 1.807) is 6.07 Å². The number of hydrogen-bond donors (Lipinski definition) is 2. The Morgan fingerprint density at radius 2 is 1.76 bits per heavy atom. The largest absolute Gasteiger partial charge is 0.366 e. The molecule has 0 saturated heterocycles. The zero-order valence-electron chi connectivity index (χ0n) is 14.0. The van der Waals surface area contributed by atoms with Crippen LogP contribution in [0.3, 0.4) is 0 Å². The highest BCUT2D eigenvalue weighted by Crippen LogP contribution is 2.23. The molecule has 3 aromatic rings. The van der Waals surface area contributed by atoms with E-state index in [1.165, 1.54) is 23.3 Å². The summed E-state index contributed by atoms with van der Waals surface area (Å²) in [5, 5.41) is 6.50. The van der Waals surface area contributed by atoms with Crippen LogP contribution in [0, 0.1) is 19.7 Å². The predicted octanol–water partition coefficient (Wildman–Crippen LogP) is 5.24. The lowest BCUT2D eigenvalue weighted by atomic mass is 10.1. The minimum absolute atomic E-state index is 0.0636. The maximum absolute atomic E-state index is 13.3. The van der Waals surface area contributed by atoms with E-state index in [0.29, 0.717) is 29.7 Å². The lowest BCUT2D eigenvalue weighted by Gasteiger charge is -2.11. The first-order valence-corrected chi connectivity index (χ1v) is 8.25. The van der Waals surface area contributed by atoms with Crippen LogP contribution in [0.5, 0.6) is 0 Å². The summed E-state index contributed by atoms with van der Waals surface area (Å²) in [4.78, 5) is 8.76. The monoisotopic (exact) mass is 356 g/mol. The molecule has 0 atom stereocenters. The summed E-state index contributed by atoms with van der Waals surface area (Å²) in [5.41, 5.74) is 3.09. The summed E-state index contributed by atoms with van der Waals surface area (Å²) >= 11 is 5.81. The average Bonchev–Trinajstić information content (AvgIpc) is 2.57. The molecule has 128 valence electrons. The van der Waals surface area contributed by atoms with Crippen molar-refractivity contribution in [3.05, 3.63) is 76.3 Å². The average molecular weight is 357 g/mol. The van der Waals surface area contributed by atoms with Gasteiger partial charge in [-0.2, -0.15) is 0 Å². The zero-order chi connectivity index (χ0) is 17.8. The highest BCUT2D eigenvalue weighted by atomic mass is 35.5. The Balaban J connectivity index is 1.76. The van der Waals surface area contributed by atoms with Gasteiger partial charge >= 0.3 is 0 Å². The molecule has 4 nitrogen and oxygen atoms in total. The van der Waals surface area contributed by atoms with E-state index in [0.717, 1.165) is 0 Å². The van der Waals surface area contributed by atoms with Crippen LogP contribution in [0.2, 0.25) is 5.02 Å². The Morgan fingerprint density at radius 1 is 1.00 bits per heavy atom. The first-order chi connectivity index (χ1) is 12.0. The van der Waals surface area contributed by atoms with Crippen LogP contribution < -0.4 is 10.6 Å². The van der Waals surface area contributed by atoms with Crippen LogP contribution in [0.15, 0.2) is 48.5 Å². The second kappa shape index (κ2) is 7.49. The third kappa shape index (κ3) is 4.45. The predicted molar refractivity (Wildman–Crippen MR) is 100.0 cm³/mol. The van der Waals surface area contributed by atoms with E-state index in [9.17, 15) is 4.39 Å². The smallest absolute Gasteiger partial charge is 0.141 e. The van der Waals surface area contributed by atoms with Gasteiger partial charge in [-0.05, 0) is 43.2 Å². The van der Waals surface area contributed by atoms with E-state index >= 15 is 0 Å². The third-order valence-electron chi connectivity index (χ3n) is 3.75. The van der Waals surface area contributed by atoms with Crippen molar-refractivity contribution < 1.29 is 4.39 Å². The molecule has 0 spiro atoms. The standard InChI is InChI=1S/C19H18ClFN4/c1-12-5-3-4-6-14(12)11-22-18-10-19(24-13(2)23-18)25-15-7-8-17(21)16(20)9-15/h3-10H,11H2,1-2H3,(H2,22,23,24,25). The second-order valence-electron chi connectivity index (χ2n) is 5.72. The first-order valence-electron chi connectivity index (χ1n) is 7.87. The van der Waals surface area contributed by atoms with E-state index in [2.05, 4.69) is 39.7 Å². The van der Waals surface area contributed by atoms with Crippen molar-refractivity contribution in [1.29, 1.82) is 0 Å². The fourth-order valence-electron chi connectivity index (χ4n) is 2.44. The quantitative estimate of drug-likeness (QED) is 0.656. The summed E-state index contributed by atoms with van der Waals surface area (Å²) in [6.07, 6.45) is 0. The van der Waals surface area contributed by atoms with Crippen molar-refractivity contribution in [2.24, 2.45) is 0 Å². The van der Waals surface area contributed by atoms with E-state index in [1.807, 2.05) is 25.1 Å². The number of nitrogens with one attached hydrogen (secondary N) is 2. The fraction of sp³-hybridized carbons (Fsp3) is 0.158. The highest BCUT2D eigenvalue weighted by Gasteiger charge is 2.06. The molecule has 1 aromatic heterocycles. The van der Waals surface area contributed by atoms with Gasteiger partial charge in [-0.25, -0.2) is 14.4 Å². The summed E-state index contributed by atoms with van der Waals surface area (Å²) < 4.78 is 13.3. The van der Waals surface area contributed by atoms with Crippen molar-refractivity contribution in [1.82, 2.24) is 9.97 Å². The van der Waals surface area contributed by atoms with Gasteiger partial charge < -0.3 is 10.6 Å². The van der Waals surface area contributed by atoms with Crippen molar-refractivity contribution in [3.8, 4) is 0 Å². The first kappa shape index (κ1) is 17.2. The Morgan fingerprint density at radius 3 is 2.52 bits per heavy atom. The lowest BCUT2D eigenvalue weighted by Crippen LogP contribution is -2.06. The van der Waals surface area contributed by atoms with Gasteiger partial charge in [0.05, 0.1) is 5.02 Å². The molecule has 6 heteroatoms. The Labute approximate surface area is 151 Å². The van der Waals surface area contributed by atoms with Gasteiger partial charge in [0.1, 0.15) is 23.3 Å². The normalized spacial score (nSPS) is 10.6. The maximum Gasteiger partial charge on any atom is 0.141 e. The number of halogens is 2. The summed E-state index contributed by atoms with van der Waals surface area (Å²) in [7, 11) is 0. The maximum atomic E-state index is 13.3. The van der Waals surface area contributed by atoms with Crippen LogP contribution >= 0.6 is 11.6 Å². The molecule has 1 heterocycles. The van der Waals surface area contributed by atoms with Crippen molar-refractivity contribution in [2.75, 3.05) is 10.6 Å². The van der Waals surface area contributed by atoms with E-state index in [-0.39, 0.29) is 5.02 Å². The van der Waals surface area contributed by atoms with Crippen molar-refractivity contribution in [3.63, 3.8) is 0 Å². The number of nitrogens with zero attached hydrogens (tertiary/aromatic N) is 2. The number of aryl methyl sites for hydroxylation is 2. The van der Waals surface area contributed by atoms with E-state index in [4.69, 9.17) is 11.6 Å². The molecule has 0 amide bonds. The van der Waals surface area contributed by atoms with Gasteiger partial charge in [0, 0.05) is 18.3 Å². The molecular weight excluding hydrogens is 339 g/mol. The molecule has 0 saturated carbocycles. The van der Waals surface area contributed by atoms with Crippen LogP contribution in [0.1, 0.15) is 17.0 Å². The second-order valence-corrected chi connectivity index (χ2v) is 6.13. The molecule has 0 aliphatic carbocycles. The number of anilines is 3. The summed E-state index contributed by atoms with van der Waals surface area (Å²) in [6, 6.07) is 14.4. The molecule has 0 radical (unpaired) electrons. The van der Waals surface area contributed by atoms with Gasteiger partial charge in [-0.3, -0.25) is 0 Å². The Bertz CT molecular complexity index is 898. The number of hydrogen-bond acceptors (Lipinski definition) is 4. The van der Waals surface area contributed by atoms with Gasteiger partial charge in [-0.1, -0.05) is 35.9 Å². The fourth-order valence-corrected chi connectivity index (χ4v) is 2.62. The van der Waals surface area contributed by atoms with Gasteiger partial charge in [0.2, 0.25) is 0 Å². The van der Waals surface area contributed by atoms with Gasteiger partial charge in [0.15, 0.2) is 0 Å². The summed E-state index contributed by atoms with van der Waals surface area (Å²) in [5.74, 6) is 1.51. The Kier molecular flexibility index (Phi) is 5.14. The van der Waals surface area contributed by atoms with Crippen LogP contribution in [-0.2, 0) is 6.54 Å². The highest BCUT2D eigenvalue weighted by molar-refractivity contribution is 6.31. The molecule has 3 rings (SSSR count). The van der Waals surface area contributed by atoms with Crippen LogP contribution in [-0.4, -0.2) is 9.97 Å². The van der Waals surface area contributed by atoms with Gasteiger partial charge in [-0.15, -0.1) is 0 Å². The molecule has 2 N–H and O–H groups in total. The minimum Gasteiger partial charge on any atom is -0.366 e. The van der Waals surface area contributed by atoms with Crippen molar-refractivity contribution in [2.45, 2.75) is 20.4 Å². The molecular formula is C19H18ClFN4. The third-order valence-corrected chi connectivity index (χ3v) is 4.04. The Hall–Kier alpha value is -2.66. The topological polar surface area (TPSA) is 49.8 Å².